The molecule has 0 aliphatic rings. The van der Waals surface area contributed by atoms with E-state index in [1.807, 2.05) is 0 Å². The molecule has 0 bridgehead atoms. The third-order valence-electron chi connectivity index (χ3n) is 6.07. The second-order valence-electron chi connectivity index (χ2n) is 9.87. The Balaban J connectivity index is 2.95. The van der Waals surface area contributed by atoms with E-state index in [2.05, 4.69) is 20.7 Å². The van der Waals surface area contributed by atoms with Crippen LogP contribution in [0.5, 0.6) is 0 Å². The number of methoxy groups -OCH3 is 1. The first-order chi connectivity index (χ1) is 19.2. The van der Waals surface area contributed by atoms with Crippen molar-refractivity contribution in [1.82, 2.24) is 16.0 Å². The number of ether oxygens (including phenoxy) is 1. The fourth-order valence-electron chi connectivity index (χ4n) is 3.81. The van der Waals surface area contributed by atoms with Crippen LogP contribution in [0.2, 0.25) is 0 Å². The van der Waals surface area contributed by atoms with Gasteiger partial charge in [0.1, 0.15) is 18.2 Å². The highest BCUT2D eigenvalue weighted by Crippen LogP contribution is 2.18. The van der Waals surface area contributed by atoms with E-state index in [-0.39, 0.29) is 12.3 Å². The molecule has 0 radical (unpaired) electrons. The van der Waals surface area contributed by atoms with E-state index in [4.69, 9.17) is 5.73 Å². The molecule has 10 N–H and O–H groups in total. The normalized spacial score (nSPS) is 16.3. The Kier molecular flexibility index (Phi) is 14.9. The molecule has 3 amide bonds. The standard InChI is InChI=1S/C26H40N4O11/c1-13(2)9-17(29-24(38)15(27)10-20(34)41-3)25(39)30-18(12-31)21(35)22(36)23(37)26(40)28-16(11-19(32)33)14-7-5-4-6-8-14/h4-8,13,15-18,21-23,31,35-37H,9-12,27H2,1-3H3,(H,28,40)(H,29,38)(H,30,39)(H,32,33). The van der Waals surface area contributed by atoms with Crippen LogP contribution in [0, 0.1) is 5.92 Å². The van der Waals surface area contributed by atoms with Crippen molar-refractivity contribution in [3.63, 3.8) is 0 Å². The van der Waals surface area contributed by atoms with E-state index in [9.17, 15) is 49.5 Å². The smallest absolute Gasteiger partial charge is 0.307 e. The third-order valence-corrected chi connectivity index (χ3v) is 6.07. The Morgan fingerprint density at radius 2 is 1.49 bits per heavy atom. The Bertz CT molecular complexity index is 1020. The van der Waals surface area contributed by atoms with Crippen molar-refractivity contribution in [1.29, 1.82) is 0 Å². The van der Waals surface area contributed by atoms with Crippen LogP contribution in [0.15, 0.2) is 30.3 Å². The van der Waals surface area contributed by atoms with E-state index in [1.165, 1.54) is 0 Å². The number of carboxylic acid groups (broad SMARTS) is 1. The molecule has 230 valence electrons. The summed E-state index contributed by atoms with van der Waals surface area (Å²) in [5.41, 5.74) is 6.10. The zero-order chi connectivity index (χ0) is 31.3. The first-order valence-electron chi connectivity index (χ1n) is 12.9. The van der Waals surface area contributed by atoms with Crippen molar-refractivity contribution in [2.75, 3.05) is 13.7 Å². The van der Waals surface area contributed by atoms with Gasteiger partial charge in [0.2, 0.25) is 11.8 Å². The van der Waals surface area contributed by atoms with Crippen LogP contribution in [-0.4, -0.2) is 105 Å². The van der Waals surface area contributed by atoms with E-state index < -0.39 is 91.6 Å². The summed E-state index contributed by atoms with van der Waals surface area (Å²) in [5.74, 6) is -5.04. The van der Waals surface area contributed by atoms with Crippen LogP contribution in [-0.2, 0) is 28.7 Å². The summed E-state index contributed by atoms with van der Waals surface area (Å²) in [7, 11) is 1.12. The minimum Gasteiger partial charge on any atom is -0.481 e. The van der Waals surface area contributed by atoms with E-state index >= 15 is 0 Å². The number of benzene rings is 1. The molecule has 15 nitrogen and oxygen atoms in total. The number of carboxylic acids is 1. The average Bonchev–Trinajstić information content (AvgIpc) is 2.93. The Hall–Kier alpha value is -3.63. The largest absolute Gasteiger partial charge is 0.481 e. The number of esters is 1. The van der Waals surface area contributed by atoms with E-state index in [1.54, 1.807) is 44.2 Å². The third kappa shape index (κ3) is 11.8. The summed E-state index contributed by atoms with van der Waals surface area (Å²) in [6, 6.07) is 2.80. The fraction of sp³-hybridized carbons (Fsp3) is 0.577. The molecule has 41 heavy (non-hydrogen) atoms. The van der Waals surface area contributed by atoms with Crippen molar-refractivity contribution < 1.29 is 54.2 Å². The summed E-state index contributed by atoms with van der Waals surface area (Å²) >= 11 is 0. The summed E-state index contributed by atoms with van der Waals surface area (Å²) in [5, 5.41) is 57.4. The number of rotatable bonds is 17. The molecule has 1 aromatic rings. The minimum atomic E-state index is -2.28. The summed E-state index contributed by atoms with van der Waals surface area (Å²) < 4.78 is 4.47. The maximum Gasteiger partial charge on any atom is 0.307 e. The molecular weight excluding hydrogens is 544 g/mol. The van der Waals surface area contributed by atoms with Crippen molar-refractivity contribution in [3.8, 4) is 0 Å². The lowest BCUT2D eigenvalue weighted by atomic mass is 9.98. The molecule has 7 atom stereocenters. The molecule has 0 heterocycles. The van der Waals surface area contributed by atoms with Crippen LogP contribution < -0.4 is 21.7 Å². The van der Waals surface area contributed by atoms with Gasteiger partial charge in [0.05, 0.1) is 44.7 Å². The molecule has 0 aromatic heterocycles. The van der Waals surface area contributed by atoms with Gasteiger partial charge in [-0.2, -0.15) is 0 Å². The van der Waals surface area contributed by atoms with Gasteiger partial charge in [-0.3, -0.25) is 24.0 Å². The van der Waals surface area contributed by atoms with Crippen LogP contribution in [0.3, 0.4) is 0 Å². The number of nitrogens with one attached hydrogen (secondary N) is 3. The summed E-state index contributed by atoms with van der Waals surface area (Å²) in [6.07, 6.45) is -7.47. The number of nitrogens with two attached hydrogens (primary N) is 1. The predicted octanol–water partition coefficient (Wildman–Crippen LogP) is -2.70. The Labute approximate surface area is 237 Å². The van der Waals surface area contributed by atoms with E-state index in [0.29, 0.717) is 5.56 Å². The fourth-order valence-corrected chi connectivity index (χ4v) is 3.81. The zero-order valence-corrected chi connectivity index (χ0v) is 23.1. The van der Waals surface area contributed by atoms with Crippen molar-refractivity contribution in [2.45, 2.75) is 75.6 Å². The molecule has 1 rings (SSSR count). The molecule has 0 spiro atoms. The number of aliphatic hydroxyl groups is 4. The van der Waals surface area contributed by atoms with Gasteiger partial charge in [0, 0.05) is 0 Å². The Morgan fingerprint density at radius 3 is 2.00 bits per heavy atom. The highest BCUT2D eigenvalue weighted by atomic mass is 16.5. The van der Waals surface area contributed by atoms with Crippen LogP contribution in [0.4, 0.5) is 0 Å². The summed E-state index contributed by atoms with van der Waals surface area (Å²) in [6.45, 7) is 2.57. The quantitative estimate of drug-likeness (QED) is 0.0848. The lowest BCUT2D eigenvalue weighted by Gasteiger charge is -2.31. The molecule has 0 aliphatic heterocycles. The van der Waals surface area contributed by atoms with Gasteiger partial charge < -0.3 is 52.0 Å². The van der Waals surface area contributed by atoms with Gasteiger partial charge in [-0.25, -0.2) is 0 Å². The van der Waals surface area contributed by atoms with Gasteiger partial charge in [0.15, 0.2) is 6.10 Å². The number of amides is 3. The van der Waals surface area contributed by atoms with Gasteiger partial charge >= 0.3 is 11.9 Å². The number of hydrogen-bond donors (Lipinski definition) is 9. The van der Waals surface area contributed by atoms with E-state index in [0.717, 1.165) is 7.11 Å². The number of carbonyl (C=O) groups excluding carboxylic acids is 4. The maximum atomic E-state index is 13.0. The lowest BCUT2D eigenvalue weighted by molar-refractivity contribution is -0.145. The Morgan fingerprint density at radius 1 is 0.878 bits per heavy atom. The van der Waals surface area contributed by atoms with Crippen molar-refractivity contribution >= 4 is 29.7 Å². The lowest BCUT2D eigenvalue weighted by Crippen LogP contribution is -2.60. The van der Waals surface area contributed by atoms with Gasteiger partial charge in [0.25, 0.3) is 5.91 Å². The number of hydrogen-bond acceptors (Lipinski definition) is 11. The van der Waals surface area contributed by atoms with Gasteiger partial charge in [-0.1, -0.05) is 44.2 Å². The first-order valence-corrected chi connectivity index (χ1v) is 12.9. The first kappa shape index (κ1) is 35.4. The average molecular weight is 585 g/mol. The van der Waals surface area contributed by atoms with Crippen molar-refractivity contribution in [2.24, 2.45) is 11.7 Å². The molecule has 1 aromatic carbocycles. The van der Waals surface area contributed by atoms with Gasteiger partial charge in [-0.05, 0) is 17.9 Å². The second-order valence-corrected chi connectivity index (χ2v) is 9.87. The minimum absolute atomic E-state index is 0.0921. The van der Waals surface area contributed by atoms with Crippen LogP contribution >= 0.6 is 0 Å². The zero-order valence-electron chi connectivity index (χ0n) is 23.1. The number of aliphatic hydroxyl groups excluding tert-OH is 4. The molecule has 0 aliphatic carbocycles. The van der Waals surface area contributed by atoms with Crippen LogP contribution in [0.25, 0.3) is 0 Å². The number of aliphatic carboxylic acids is 1. The monoisotopic (exact) mass is 584 g/mol. The molecule has 0 saturated heterocycles. The van der Waals surface area contributed by atoms with Crippen molar-refractivity contribution in [3.05, 3.63) is 35.9 Å². The topological polar surface area (TPSA) is 258 Å². The highest BCUT2D eigenvalue weighted by molar-refractivity contribution is 5.91. The predicted molar refractivity (Wildman–Crippen MR) is 143 cm³/mol. The highest BCUT2D eigenvalue weighted by Gasteiger charge is 2.37. The second kappa shape index (κ2) is 17.2. The number of carbonyl (C=O) groups is 5. The molecule has 0 saturated carbocycles. The molecular formula is C26H40N4O11. The van der Waals surface area contributed by atoms with Gasteiger partial charge in [-0.15, -0.1) is 0 Å². The SMILES string of the molecule is COC(=O)CC(N)C(=O)NC(CC(C)C)C(=O)NC(CO)C(O)C(O)C(O)C(=O)NC(CC(=O)O)c1ccccc1. The molecule has 7 unspecified atom stereocenters. The molecule has 0 fully saturated rings. The maximum absolute atomic E-state index is 13.0. The molecule has 15 heteroatoms. The summed E-state index contributed by atoms with van der Waals surface area (Å²) in [4.78, 5) is 60.7. The van der Waals surface area contributed by atoms with Crippen LogP contribution in [0.1, 0.15) is 44.7 Å².